The second-order valence-electron chi connectivity index (χ2n) is 3.30. The maximum Gasteiger partial charge on any atom is 0.0434 e. The molecule has 1 rings (SSSR count). The summed E-state index contributed by atoms with van der Waals surface area (Å²) >= 11 is 0. The van der Waals surface area contributed by atoms with Crippen LogP contribution in [0.15, 0.2) is 0 Å². The lowest BCUT2D eigenvalue weighted by Gasteiger charge is -2.09. The Kier molecular flexibility index (Phi) is 3.16. The Labute approximate surface area is 62.6 Å². The molecule has 0 aliphatic heterocycles. The van der Waals surface area contributed by atoms with Crippen molar-refractivity contribution in [1.82, 2.24) is 5.32 Å². The van der Waals surface area contributed by atoms with Gasteiger partial charge in [-0.1, -0.05) is 6.92 Å². The van der Waals surface area contributed by atoms with E-state index in [4.69, 9.17) is 5.11 Å². The van der Waals surface area contributed by atoms with Gasteiger partial charge in [0.05, 0.1) is 0 Å². The number of aliphatic hydroxyl groups is 1. The second kappa shape index (κ2) is 3.94. The first-order valence-corrected chi connectivity index (χ1v) is 4.17. The van der Waals surface area contributed by atoms with Crippen LogP contribution in [0.5, 0.6) is 0 Å². The first kappa shape index (κ1) is 8.02. The molecule has 1 aliphatic carbocycles. The maximum atomic E-state index is 8.59. The quantitative estimate of drug-likeness (QED) is 0.595. The molecule has 0 aromatic carbocycles. The third-order valence-corrected chi connectivity index (χ3v) is 1.95. The van der Waals surface area contributed by atoms with Gasteiger partial charge in [0.15, 0.2) is 0 Å². The number of rotatable bonds is 5. The molecular weight excluding hydrogens is 126 g/mol. The fourth-order valence-corrected chi connectivity index (χ4v) is 0.978. The van der Waals surface area contributed by atoms with Crippen LogP contribution in [-0.2, 0) is 0 Å². The van der Waals surface area contributed by atoms with Crippen LogP contribution in [-0.4, -0.2) is 24.3 Å². The molecule has 10 heavy (non-hydrogen) atoms. The van der Waals surface area contributed by atoms with Crippen LogP contribution in [0, 0.1) is 5.92 Å². The van der Waals surface area contributed by atoms with E-state index in [1.807, 2.05) is 0 Å². The fraction of sp³-hybridized carbons (Fsp3) is 1.00. The highest BCUT2D eigenvalue weighted by molar-refractivity contribution is 4.81. The smallest absolute Gasteiger partial charge is 0.0434 e. The highest BCUT2D eigenvalue weighted by atomic mass is 16.3. The van der Waals surface area contributed by atoms with Gasteiger partial charge in [0.2, 0.25) is 0 Å². The molecule has 0 saturated heterocycles. The molecule has 0 aromatic rings. The summed E-state index contributed by atoms with van der Waals surface area (Å²) in [7, 11) is 0. The van der Waals surface area contributed by atoms with Crippen LogP contribution in [0.4, 0.5) is 0 Å². The lowest BCUT2D eigenvalue weighted by Crippen LogP contribution is -2.23. The highest BCUT2D eigenvalue weighted by Gasteiger charge is 2.20. The van der Waals surface area contributed by atoms with Crippen LogP contribution >= 0.6 is 0 Å². The van der Waals surface area contributed by atoms with Gasteiger partial charge in [-0.2, -0.15) is 0 Å². The molecule has 1 aliphatic rings. The Morgan fingerprint density at radius 2 is 2.30 bits per heavy atom. The molecular formula is C8H17NO. The zero-order valence-electron chi connectivity index (χ0n) is 6.64. The molecule has 0 amide bonds. The van der Waals surface area contributed by atoms with Crippen molar-refractivity contribution in [3.05, 3.63) is 0 Å². The Balaban J connectivity index is 1.89. The monoisotopic (exact) mass is 143 g/mol. The van der Waals surface area contributed by atoms with E-state index in [-0.39, 0.29) is 0 Å². The summed E-state index contributed by atoms with van der Waals surface area (Å²) in [5, 5.41) is 12.0. The van der Waals surface area contributed by atoms with Crippen molar-refractivity contribution >= 4 is 0 Å². The van der Waals surface area contributed by atoms with E-state index in [2.05, 4.69) is 12.2 Å². The van der Waals surface area contributed by atoms with Crippen molar-refractivity contribution in [3.8, 4) is 0 Å². The minimum absolute atomic E-state index is 0.327. The largest absolute Gasteiger partial charge is 0.396 e. The summed E-state index contributed by atoms with van der Waals surface area (Å²) in [6.45, 7) is 3.57. The van der Waals surface area contributed by atoms with Crippen molar-refractivity contribution in [3.63, 3.8) is 0 Å². The zero-order valence-corrected chi connectivity index (χ0v) is 6.64. The first-order chi connectivity index (χ1) is 4.83. The minimum atomic E-state index is 0.327. The maximum absolute atomic E-state index is 8.59. The van der Waals surface area contributed by atoms with E-state index in [9.17, 15) is 0 Å². The molecule has 2 nitrogen and oxygen atoms in total. The van der Waals surface area contributed by atoms with Gasteiger partial charge in [-0.05, 0) is 31.7 Å². The number of nitrogens with one attached hydrogen (secondary N) is 1. The summed E-state index contributed by atoms with van der Waals surface area (Å²) in [6, 6.07) is 0.807. The van der Waals surface area contributed by atoms with Gasteiger partial charge in [-0.25, -0.2) is 0 Å². The molecule has 0 spiro atoms. The van der Waals surface area contributed by atoms with Crippen LogP contribution < -0.4 is 5.32 Å². The van der Waals surface area contributed by atoms with Crippen molar-refractivity contribution < 1.29 is 5.11 Å². The van der Waals surface area contributed by atoms with Crippen LogP contribution in [0.2, 0.25) is 0 Å². The van der Waals surface area contributed by atoms with Crippen molar-refractivity contribution in [2.24, 2.45) is 5.92 Å². The van der Waals surface area contributed by atoms with E-state index in [0.29, 0.717) is 12.5 Å². The van der Waals surface area contributed by atoms with Crippen molar-refractivity contribution in [2.45, 2.75) is 32.2 Å². The molecule has 1 unspecified atom stereocenters. The zero-order chi connectivity index (χ0) is 7.40. The molecule has 0 bridgehead atoms. The fourth-order valence-electron chi connectivity index (χ4n) is 0.978. The summed E-state index contributed by atoms with van der Waals surface area (Å²) in [4.78, 5) is 0. The standard InChI is InChI=1S/C8H17NO/c1-7(4-5-10)6-9-8-2-3-8/h7-10H,2-6H2,1H3. The number of aliphatic hydroxyl groups excluding tert-OH is 1. The Morgan fingerprint density at radius 1 is 1.60 bits per heavy atom. The van der Waals surface area contributed by atoms with E-state index in [1.54, 1.807) is 0 Å². The summed E-state index contributed by atoms with van der Waals surface area (Å²) in [5.41, 5.74) is 0. The molecule has 2 N–H and O–H groups in total. The SMILES string of the molecule is CC(CCO)CNC1CC1. The molecule has 1 saturated carbocycles. The van der Waals surface area contributed by atoms with E-state index >= 15 is 0 Å². The minimum Gasteiger partial charge on any atom is -0.396 e. The van der Waals surface area contributed by atoms with E-state index < -0.39 is 0 Å². The first-order valence-electron chi connectivity index (χ1n) is 4.17. The molecule has 1 atom stereocenters. The van der Waals surface area contributed by atoms with Gasteiger partial charge in [0, 0.05) is 12.6 Å². The predicted octanol–water partition coefficient (Wildman–Crippen LogP) is 0.757. The Hall–Kier alpha value is -0.0800. The molecule has 2 heteroatoms. The van der Waals surface area contributed by atoms with E-state index in [0.717, 1.165) is 19.0 Å². The molecule has 0 heterocycles. The van der Waals surface area contributed by atoms with Gasteiger partial charge >= 0.3 is 0 Å². The van der Waals surface area contributed by atoms with Gasteiger partial charge in [0.25, 0.3) is 0 Å². The topological polar surface area (TPSA) is 32.3 Å². The molecule has 1 fully saturated rings. The summed E-state index contributed by atoms with van der Waals surface area (Å²) in [5.74, 6) is 0.630. The molecule has 60 valence electrons. The van der Waals surface area contributed by atoms with Crippen LogP contribution in [0.3, 0.4) is 0 Å². The molecule has 0 aromatic heterocycles. The Morgan fingerprint density at radius 3 is 2.80 bits per heavy atom. The van der Waals surface area contributed by atoms with Crippen LogP contribution in [0.25, 0.3) is 0 Å². The lowest BCUT2D eigenvalue weighted by molar-refractivity contribution is 0.260. The Bertz CT molecular complexity index is 91.3. The number of hydrogen-bond donors (Lipinski definition) is 2. The average Bonchev–Trinajstić information content (AvgIpc) is 2.67. The third kappa shape index (κ3) is 3.18. The average molecular weight is 143 g/mol. The second-order valence-corrected chi connectivity index (χ2v) is 3.30. The van der Waals surface area contributed by atoms with Gasteiger partial charge < -0.3 is 10.4 Å². The summed E-state index contributed by atoms with van der Waals surface area (Å²) < 4.78 is 0. The third-order valence-electron chi connectivity index (χ3n) is 1.95. The molecule has 0 radical (unpaired) electrons. The van der Waals surface area contributed by atoms with E-state index in [1.165, 1.54) is 12.8 Å². The van der Waals surface area contributed by atoms with Gasteiger partial charge in [0.1, 0.15) is 0 Å². The highest BCUT2D eigenvalue weighted by Crippen LogP contribution is 2.18. The number of hydrogen-bond acceptors (Lipinski definition) is 2. The van der Waals surface area contributed by atoms with Gasteiger partial charge in [-0.3, -0.25) is 0 Å². The summed E-state index contributed by atoms with van der Waals surface area (Å²) in [6.07, 6.45) is 3.64. The van der Waals surface area contributed by atoms with Crippen LogP contribution in [0.1, 0.15) is 26.2 Å². The van der Waals surface area contributed by atoms with Crippen molar-refractivity contribution in [1.29, 1.82) is 0 Å². The normalized spacial score (nSPS) is 21.0. The predicted molar refractivity (Wildman–Crippen MR) is 41.9 cm³/mol. The lowest BCUT2D eigenvalue weighted by atomic mass is 10.1. The van der Waals surface area contributed by atoms with Crippen molar-refractivity contribution in [2.75, 3.05) is 13.2 Å². The van der Waals surface area contributed by atoms with Gasteiger partial charge in [-0.15, -0.1) is 0 Å².